The van der Waals surface area contributed by atoms with Crippen LogP contribution in [0.1, 0.15) is 173 Å². The summed E-state index contributed by atoms with van der Waals surface area (Å²) in [6.45, 7) is 0.663. The van der Waals surface area contributed by atoms with Crippen molar-refractivity contribution >= 4 is 45.3 Å². The molecule has 0 spiro atoms. The lowest BCUT2D eigenvalue weighted by atomic mass is 10.0. The predicted molar refractivity (Wildman–Crippen MR) is 166 cm³/mol. The van der Waals surface area contributed by atoms with Gasteiger partial charge in [-0.15, -0.1) is 33.2 Å². The first kappa shape index (κ1) is 36.5. The molecule has 0 heterocycles. The van der Waals surface area contributed by atoms with E-state index in [1.165, 1.54) is 161 Å². The van der Waals surface area contributed by atoms with Gasteiger partial charge in [0.1, 0.15) is 0 Å². The minimum Gasteiger partial charge on any atom is -0.211 e. The average molecular weight is 583 g/mol. The number of rotatable bonds is 30. The van der Waals surface area contributed by atoms with Crippen LogP contribution in [0.5, 0.6) is 0 Å². The number of halogens is 3. The number of hydrogen-bond acceptors (Lipinski definition) is 2. The van der Waals surface area contributed by atoms with E-state index in [0.29, 0.717) is 6.54 Å². The number of nitrogens with zero attached hydrogens (tertiary/aromatic N) is 1. The second-order valence-electron chi connectivity index (χ2n) is 10.9. The van der Waals surface area contributed by atoms with E-state index in [0.717, 1.165) is 18.9 Å². The van der Waals surface area contributed by atoms with Crippen LogP contribution in [0.3, 0.4) is 0 Å². The van der Waals surface area contributed by atoms with E-state index < -0.39 is 6.00 Å². The summed E-state index contributed by atoms with van der Waals surface area (Å²) in [5, 5.41) is 0. The minimum atomic E-state index is -2.37. The molecule has 0 radical (unpaired) electrons. The van der Waals surface area contributed by atoms with Crippen LogP contribution in [0, 0.1) is 0 Å². The van der Waals surface area contributed by atoms with Crippen molar-refractivity contribution in [1.82, 2.24) is 0 Å². The van der Waals surface area contributed by atoms with Crippen LogP contribution in [0.15, 0.2) is 4.99 Å². The Morgan fingerprint density at radius 1 is 0.389 bits per heavy atom. The zero-order valence-electron chi connectivity index (χ0n) is 23.5. The summed E-state index contributed by atoms with van der Waals surface area (Å²) in [6, 6.07) is -1.55. The first-order chi connectivity index (χ1) is 17.6. The van der Waals surface area contributed by atoms with Crippen molar-refractivity contribution in [2.75, 3.05) is 6.54 Å². The molecule has 0 aromatic rings. The smallest absolute Gasteiger partial charge is 0.211 e. The Kier molecular flexibility index (Phi) is 30.4. The third-order valence-electron chi connectivity index (χ3n) is 7.29. The molecule has 0 amide bonds. The molecule has 0 aliphatic heterocycles. The molecule has 214 valence electrons. The highest BCUT2D eigenvalue weighted by Crippen LogP contribution is 2.27. The van der Waals surface area contributed by atoms with Crippen LogP contribution in [-0.2, 0) is 4.79 Å². The highest BCUT2D eigenvalue weighted by atomic mass is 35.8. The van der Waals surface area contributed by atoms with Gasteiger partial charge < -0.3 is 0 Å². The summed E-state index contributed by atoms with van der Waals surface area (Å²) in [6.07, 6.45) is 38.6. The van der Waals surface area contributed by atoms with Gasteiger partial charge in [-0.1, -0.05) is 167 Å². The van der Waals surface area contributed by atoms with E-state index in [2.05, 4.69) is 4.99 Å². The van der Waals surface area contributed by atoms with Gasteiger partial charge in [-0.3, -0.25) is 0 Å². The second-order valence-corrected chi connectivity index (χ2v) is 20.2. The van der Waals surface area contributed by atoms with Crippen LogP contribution < -0.4 is 0 Å². The van der Waals surface area contributed by atoms with Crippen molar-refractivity contribution in [3.63, 3.8) is 0 Å². The molecule has 0 unspecified atom stereocenters. The lowest BCUT2D eigenvalue weighted by Gasteiger charge is -2.07. The molecule has 0 atom stereocenters. The van der Waals surface area contributed by atoms with Gasteiger partial charge in [0.05, 0.1) is 6.54 Å². The summed E-state index contributed by atoms with van der Waals surface area (Å²) in [7, 11) is 0. The van der Waals surface area contributed by atoms with Gasteiger partial charge in [0.25, 0.3) is 0 Å². The number of unbranched alkanes of at least 4 members (excludes halogenated alkanes) is 26. The third kappa shape index (κ3) is 34.5. The topological polar surface area (TPSA) is 29.4 Å². The molecule has 0 aliphatic rings. The van der Waals surface area contributed by atoms with Crippen LogP contribution in [0.4, 0.5) is 0 Å². The molecule has 0 fully saturated rings. The lowest BCUT2D eigenvalue weighted by molar-refractivity contribution is 0.515. The fourth-order valence-electron chi connectivity index (χ4n) is 4.98. The fourth-order valence-corrected chi connectivity index (χ4v) is 6.83. The molecule has 0 saturated heterocycles. The Morgan fingerprint density at radius 3 is 0.833 bits per heavy atom. The van der Waals surface area contributed by atoms with Gasteiger partial charge in [0, 0.05) is 0 Å². The molecule has 0 rings (SSSR count). The van der Waals surface area contributed by atoms with Gasteiger partial charge in [-0.25, -0.2) is 9.79 Å². The Bertz CT molecular complexity index is 481. The Hall–Kier alpha value is 0.467. The van der Waals surface area contributed by atoms with Gasteiger partial charge in [0.2, 0.25) is 6.08 Å². The standard InChI is InChI=1S/C30H58Cl3NOSi/c31-36(32,33)29-27-25-23-21-19-17-15-13-11-9-7-5-3-1-2-4-6-8-10-12-14-16-18-20-22-24-26-28-34-30-35/h1-29H2. The van der Waals surface area contributed by atoms with Crippen molar-refractivity contribution in [2.24, 2.45) is 4.99 Å². The van der Waals surface area contributed by atoms with Crippen LogP contribution in [0.2, 0.25) is 6.04 Å². The Labute approximate surface area is 240 Å². The molecule has 0 N–H and O–H groups in total. The van der Waals surface area contributed by atoms with E-state index in [1.54, 1.807) is 6.08 Å². The van der Waals surface area contributed by atoms with E-state index in [9.17, 15) is 4.79 Å². The molecule has 0 saturated carbocycles. The Balaban J connectivity index is 3.05. The minimum absolute atomic E-state index is 0.663. The van der Waals surface area contributed by atoms with Crippen LogP contribution in [0.25, 0.3) is 0 Å². The molecule has 0 bridgehead atoms. The maximum absolute atomic E-state index is 9.97. The van der Waals surface area contributed by atoms with Crippen molar-refractivity contribution in [2.45, 2.75) is 179 Å². The summed E-state index contributed by atoms with van der Waals surface area (Å²) in [5.74, 6) is 0. The van der Waals surface area contributed by atoms with E-state index in [4.69, 9.17) is 33.2 Å². The zero-order valence-corrected chi connectivity index (χ0v) is 26.8. The van der Waals surface area contributed by atoms with E-state index >= 15 is 0 Å². The Morgan fingerprint density at radius 2 is 0.611 bits per heavy atom. The molecular weight excluding hydrogens is 525 g/mol. The fraction of sp³-hybridized carbons (Fsp3) is 0.967. The summed E-state index contributed by atoms with van der Waals surface area (Å²) in [5.41, 5.74) is 0. The SMILES string of the molecule is O=C=NCCCCCCCCCCCCCCCCCCCCCCCCCCCCC[Si](Cl)(Cl)Cl. The first-order valence-corrected chi connectivity index (χ1v) is 20.9. The summed E-state index contributed by atoms with van der Waals surface area (Å²) < 4.78 is 0. The average Bonchev–Trinajstić information content (AvgIpc) is 2.84. The highest BCUT2D eigenvalue weighted by molar-refractivity contribution is 7.64. The monoisotopic (exact) mass is 581 g/mol. The lowest BCUT2D eigenvalue weighted by Crippen LogP contribution is -2.07. The summed E-state index contributed by atoms with van der Waals surface area (Å²) in [4.78, 5) is 13.6. The third-order valence-corrected chi connectivity index (χ3v) is 9.92. The van der Waals surface area contributed by atoms with Crippen molar-refractivity contribution in [3.05, 3.63) is 0 Å². The summed E-state index contributed by atoms with van der Waals surface area (Å²) >= 11 is 17.7. The zero-order chi connectivity index (χ0) is 26.4. The maximum Gasteiger partial charge on any atom is 0.341 e. The second kappa shape index (κ2) is 30.0. The number of hydrogen-bond donors (Lipinski definition) is 0. The van der Waals surface area contributed by atoms with Crippen molar-refractivity contribution in [1.29, 1.82) is 0 Å². The van der Waals surface area contributed by atoms with Crippen molar-refractivity contribution in [3.8, 4) is 0 Å². The van der Waals surface area contributed by atoms with Gasteiger partial charge in [0.15, 0.2) is 0 Å². The molecule has 0 aliphatic carbocycles. The number of aliphatic imine (C=N–C) groups is 1. The molecule has 2 nitrogen and oxygen atoms in total. The van der Waals surface area contributed by atoms with Gasteiger partial charge in [-0.05, 0) is 12.5 Å². The van der Waals surface area contributed by atoms with Crippen molar-refractivity contribution < 1.29 is 4.79 Å². The van der Waals surface area contributed by atoms with Gasteiger partial charge >= 0.3 is 6.00 Å². The molecule has 6 heteroatoms. The molecule has 0 aromatic heterocycles. The van der Waals surface area contributed by atoms with Gasteiger partial charge in [-0.2, -0.15) is 0 Å². The quantitative estimate of drug-likeness (QED) is 0.0272. The maximum atomic E-state index is 9.97. The number of carbonyl (C=O) groups excluding carboxylic acids is 1. The number of isocyanates is 1. The largest absolute Gasteiger partial charge is 0.341 e. The molecule has 36 heavy (non-hydrogen) atoms. The molecule has 0 aromatic carbocycles. The van der Waals surface area contributed by atoms with E-state index in [1.807, 2.05) is 0 Å². The van der Waals surface area contributed by atoms with Crippen LogP contribution >= 0.6 is 33.2 Å². The molecular formula is C30H58Cl3NOSi. The first-order valence-electron chi connectivity index (χ1n) is 15.7. The van der Waals surface area contributed by atoms with E-state index in [-0.39, 0.29) is 0 Å². The normalized spacial score (nSPS) is 11.6. The van der Waals surface area contributed by atoms with Crippen LogP contribution in [-0.4, -0.2) is 18.6 Å². The predicted octanol–water partition coefficient (Wildman–Crippen LogP) is 12.5. The highest BCUT2D eigenvalue weighted by Gasteiger charge is 2.23.